The number of carbonyl (C=O) groups is 3. The first-order valence-electron chi connectivity index (χ1n) is 8.97. The number of carboxylic acids is 2. The van der Waals surface area contributed by atoms with Crippen molar-refractivity contribution in [3.8, 4) is 0 Å². The van der Waals surface area contributed by atoms with Crippen LogP contribution in [0.25, 0.3) is 0 Å². The van der Waals surface area contributed by atoms with Gasteiger partial charge in [0.1, 0.15) is 29.0 Å². The summed E-state index contributed by atoms with van der Waals surface area (Å²) in [5.41, 5.74) is -0.0914. The molecule has 0 unspecified atom stereocenters. The zero-order chi connectivity index (χ0) is 26.2. The summed E-state index contributed by atoms with van der Waals surface area (Å²) in [6, 6.07) is 5.51. The molecule has 0 spiro atoms. The molecule has 34 heavy (non-hydrogen) atoms. The van der Waals surface area contributed by atoms with Crippen molar-refractivity contribution in [2.75, 3.05) is 5.32 Å². The smallest absolute Gasteiger partial charge is 0.337 e. The Balaban J connectivity index is 0.000000385. The molecule has 0 saturated carbocycles. The lowest BCUT2D eigenvalue weighted by Crippen LogP contribution is -2.48. The van der Waals surface area contributed by atoms with Crippen LogP contribution in [0.5, 0.6) is 0 Å². The van der Waals surface area contributed by atoms with Gasteiger partial charge >= 0.3 is 11.9 Å². The molecule has 188 valence electrons. The minimum Gasteiger partial charge on any atom is -0.479 e. The first-order valence-corrected chi connectivity index (χ1v) is 10.9. The second-order valence-corrected chi connectivity index (χ2v) is 8.44. The van der Waals surface area contributed by atoms with Crippen LogP contribution in [0.3, 0.4) is 0 Å². The van der Waals surface area contributed by atoms with Gasteiger partial charge in [-0.3, -0.25) is 0 Å². The molecule has 1 heterocycles. The number of carboxylic acid groups (broad SMARTS) is 2. The average Bonchev–Trinajstić information content (AvgIpc) is 3.28. The topological polar surface area (TPSA) is 258 Å². The molecule has 0 fully saturated rings. The van der Waals surface area contributed by atoms with Gasteiger partial charge in [-0.25, -0.2) is 23.1 Å². The van der Waals surface area contributed by atoms with Crippen molar-refractivity contribution in [1.82, 2.24) is 0 Å². The van der Waals surface area contributed by atoms with E-state index >= 15 is 0 Å². The van der Waals surface area contributed by atoms with Crippen molar-refractivity contribution >= 4 is 45.5 Å². The minimum absolute atomic E-state index is 0.0809. The van der Waals surface area contributed by atoms with Crippen LogP contribution in [0.2, 0.25) is 5.02 Å². The van der Waals surface area contributed by atoms with E-state index in [1.165, 1.54) is 12.3 Å². The third-order valence-corrected chi connectivity index (χ3v) is 5.43. The van der Waals surface area contributed by atoms with Crippen molar-refractivity contribution in [2.45, 2.75) is 35.9 Å². The van der Waals surface area contributed by atoms with Gasteiger partial charge in [0.2, 0.25) is 10.0 Å². The second kappa shape index (κ2) is 12.4. The number of hydrogen-bond donors (Lipinski definition) is 8. The van der Waals surface area contributed by atoms with Crippen LogP contribution in [0.4, 0.5) is 5.69 Å². The number of nitrogens with two attached hydrogens (primary N) is 1. The number of anilines is 1. The van der Waals surface area contributed by atoms with E-state index in [1.54, 1.807) is 12.1 Å². The Bertz CT molecular complexity index is 1110. The molecule has 0 aliphatic carbocycles. The first-order chi connectivity index (χ1) is 15.7. The third-order valence-electron chi connectivity index (χ3n) is 4.06. The molecular weight excluding hydrogens is 504 g/mol. The molecular formula is C18H21ClN2O12S. The van der Waals surface area contributed by atoms with E-state index in [1.807, 2.05) is 0 Å². The maximum absolute atomic E-state index is 11.3. The van der Waals surface area contributed by atoms with Gasteiger partial charge in [0, 0.05) is 0 Å². The number of benzene rings is 1. The molecule has 0 saturated heterocycles. The minimum atomic E-state index is -4.11. The summed E-state index contributed by atoms with van der Waals surface area (Å²) in [6.07, 6.45) is -6.91. The number of aromatic carboxylic acids is 1. The van der Waals surface area contributed by atoms with Gasteiger partial charge in [-0.05, 0) is 24.3 Å². The first kappa shape index (κ1) is 29.0. The van der Waals surface area contributed by atoms with Gasteiger partial charge < -0.3 is 45.2 Å². The number of carbonyl (C=O) groups excluding carboxylic acids is 1. The van der Waals surface area contributed by atoms with Crippen molar-refractivity contribution in [2.24, 2.45) is 5.14 Å². The Hall–Kier alpha value is -3.05. The number of furan rings is 1. The highest BCUT2D eigenvalue weighted by Crippen LogP contribution is 2.28. The van der Waals surface area contributed by atoms with Crippen molar-refractivity contribution in [1.29, 1.82) is 0 Å². The molecule has 16 heteroatoms. The molecule has 2 rings (SSSR count). The van der Waals surface area contributed by atoms with Gasteiger partial charge in [0.25, 0.3) is 0 Å². The van der Waals surface area contributed by atoms with Gasteiger partial charge in [0.15, 0.2) is 12.4 Å². The number of aliphatic hydroxyl groups is 4. The number of nitrogens with one attached hydrogen (secondary N) is 1. The molecule has 9 N–H and O–H groups in total. The summed E-state index contributed by atoms with van der Waals surface area (Å²) in [5, 5.41) is 60.0. The lowest BCUT2D eigenvalue weighted by Gasteiger charge is -2.21. The summed E-state index contributed by atoms with van der Waals surface area (Å²) >= 11 is 5.84. The molecule has 14 nitrogen and oxygen atoms in total. The monoisotopic (exact) mass is 524 g/mol. The third kappa shape index (κ3) is 8.07. The number of hydrogen-bond acceptors (Lipinski definition) is 11. The van der Waals surface area contributed by atoms with E-state index < -0.39 is 51.3 Å². The maximum atomic E-state index is 11.3. The number of rotatable bonds is 10. The van der Waals surface area contributed by atoms with Gasteiger partial charge in [-0.2, -0.15) is 0 Å². The molecule has 0 bridgehead atoms. The summed E-state index contributed by atoms with van der Waals surface area (Å²) < 4.78 is 27.8. The summed E-state index contributed by atoms with van der Waals surface area (Å²) in [5.74, 6) is -2.49. The number of halogens is 1. The molecule has 2 aromatic rings. The van der Waals surface area contributed by atoms with Gasteiger partial charge in [-0.1, -0.05) is 11.6 Å². The standard InChI is InChI=1S/C12H11ClN2O5S.C6H10O7/c13-9-5-10(15-6-7-2-1-3-20-7)8(12(16)17)4-11(9)21(14,18)19;7-1-2(8)3(9)4(10)5(11)6(12)13/h1-5,15H,6H2,(H,16,17)(H2,14,18,19);1-5,8-11H,(H,12,13)/t;2-,3+,4-,5-/m.0/s1. The van der Waals surface area contributed by atoms with Crippen LogP contribution in [0.15, 0.2) is 39.8 Å². The predicted molar refractivity (Wildman–Crippen MR) is 114 cm³/mol. The molecule has 0 amide bonds. The second-order valence-electron chi connectivity index (χ2n) is 6.50. The lowest BCUT2D eigenvalue weighted by molar-refractivity contribution is -0.163. The molecule has 1 aromatic heterocycles. The Labute approximate surface area is 196 Å². The van der Waals surface area contributed by atoms with Gasteiger partial charge in [-0.15, -0.1) is 0 Å². The molecule has 0 radical (unpaired) electrons. The molecule has 4 atom stereocenters. The van der Waals surface area contributed by atoms with E-state index in [2.05, 4.69) is 5.32 Å². The Kier molecular flexibility index (Phi) is 10.6. The van der Waals surface area contributed by atoms with Crippen LogP contribution in [0.1, 0.15) is 16.1 Å². The lowest BCUT2D eigenvalue weighted by atomic mass is 10.0. The Morgan fingerprint density at radius 1 is 1.15 bits per heavy atom. The van der Waals surface area contributed by atoms with Crippen LogP contribution in [-0.4, -0.2) is 81.7 Å². The highest BCUT2D eigenvalue weighted by atomic mass is 35.5. The SMILES string of the molecule is NS(=O)(=O)c1cc(C(=O)O)c(NCc2ccco2)cc1Cl.O=C[C@H](O)[C@@H](O)[C@H](O)[C@H](O)C(=O)O. The van der Waals surface area contributed by atoms with E-state index in [4.69, 9.17) is 51.8 Å². The zero-order valence-electron chi connectivity index (χ0n) is 17.0. The van der Waals surface area contributed by atoms with Crippen LogP contribution in [0, 0.1) is 0 Å². The van der Waals surface area contributed by atoms with Crippen molar-refractivity contribution in [3.63, 3.8) is 0 Å². The maximum Gasteiger partial charge on any atom is 0.337 e. The number of primary sulfonamides is 1. The van der Waals surface area contributed by atoms with Crippen LogP contribution >= 0.6 is 11.6 Å². The summed E-state index contributed by atoms with van der Waals surface area (Å²) in [7, 11) is -4.11. The van der Waals surface area contributed by atoms with Crippen molar-refractivity contribution < 1.29 is 57.9 Å². The number of aliphatic carboxylic acids is 1. The van der Waals surface area contributed by atoms with E-state index in [9.17, 15) is 22.8 Å². The number of sulfonamides is 1. The molecule has 1 aromatic carbocycles. The summed E-state index contributed by atoms with van der Waals surface area (Å²) in [6.45, 7) is 0.221. The quantitative estimate of drug-likeness (QED) is 0.166. The van der Waals surface area contributed by atoms with Gasteiger partial charge in [0.05, 0.1) is 29.1 Å². The van der Waals surface area contributed by atoms with Crippen molar-refractivity contribution in [3.05, 3.63) is 46.9 Å². The van der Waals surface area contributed by atoms with Crippen LogP contribution in [-0.2, 0) is 26.2 Å². The summed E-state index contributed by atoms with van der Waals surface area (Å²) in [4.78, 5) is 30.7. The molecule has 0 aliphatic heterocycles. The Morgan fingerprint density at radius 2 is 1.76 bits per heavy atom. The Morgan fingerprint density at radius 3 is 2.21 bits per heavy atom. The fourth-order valence-electron chi connectivity index (χ4n) is 2.31. The predicted octanol–water partition coefficient (Wildman–Crippen LogP) is -1.40. The van der Waals surface area contributed by atoms with E-state index in [-0.39, 0.29) is 29.1 Å². The zero-order valence-corrected chi connectivity index (χ0v) is 18.5. The highest BCUT2D eigenvalue weighted by Gasteiger charge is 2.34. The largest absolute Gasteiger partial charge is 0.479 e. The normalized spacial score (nSPS) is 14.6. The fraction of sp³-hybridized carbons (Fsp3) is 0.278. The van der Waals surface area contributed by atoms with Crippen LogP contribution < -0.4 is 10.5 Å². The number of aliphatic hydroxyl groups excluding tert-OH is 4. The highest BCUT2D eigenvalue weighted by molar-refractivity contribution is 7.89. The average molecular weight is 525 g/mol. The number of aldehydes is 1. The molecule has 0 aliphatic rings. The van der Waals surface area contributed by atoms with E-state index in [0.717, 1.165) is 6.07 Å². The van der Waals surface area contributed by atoms with E-state index in [0.29, 0.717) is 5.76 Å². The fourth-order valence-corrected chi connectivity index (χ4v) is 3.40.